The van der Waals surface area contributed by atoms with Crippen LogP contribution in [-0.2, 0) is 9.47 Å². The Morgan fingerprint density at radius 2 is 1.00 bits per heavy atom. The summed E-state index contributed by atoms with van der Waals surface area (Å²) in [6.07, 6.45) is 13.1. The largest absolute Gasteiger partial charge is 0.381 e. The molecule has 0 aromatic heterocycles. The molecule has 0 heterocycles. The average molecular weight is 337 g/mol. The van der Waals surface area contributed by atoms with Crippen LogP contribution in [0.1, 0.15) is 71.1 Å². The van der Waals surface area contributed by atoms with E-state index < -0.39 is 0 Å². The topological polar surface area (TPSA) is 18.5 Å². The first-order chi connectivity index (χ1) is 9.41. The Hall–Kier alpha value is 0.400. The number of ether oxygens (including phenoxy) is 2. The third kappa shape index (κ3) is 18.4. The zero-order valence-corrected chi connectivity index (χ0v) is 14.4. The maximum absolute atomic E-state index is 5.55. The molecule has 2 nitrogen and oxygen atoms in total. The van der Waals surface area contributed by atoms with Gasteiger partial charge in [0.2, 0.25) is 0 Å². The SMILES string of the molecule is CCCCOCCCCCCCCCCOCCBr. The van der Waals surface area contributed by atoms with Gasteiger partial charge in [0.25, 0.3) is 0 Å². The third-order valence-corrected chi connectivity index (χ3v) is 3.51. The fourth-order valence-electron chi connectivity index (χ4n) is 1.97. The van der Waals surface area contributed by atoms with Crippen LogP contribution in [0.4, 0.5) is 0 Å². The molecule has 0 aliphatic carbocycles. The lowest BCUT2D eigenvalue weighted by Crippen LogP contribution is -1.97. The van der Waals surface area contributed by atoms with Crippen molar-refractivity contribution >= 4 is 15.9 Å². The quantitative estimate of drug-likeness (QED) is 0.280. The molecule has 0 aliphatic heterocycles. The number of unbranched alkanes of at least 4 members (excludes halogenated alkanes) is 8. The van der Waals surface area contributed by atoms with E-state index in [2.05, 4.69) is 22.9 Å². The first-order valence-corrected chi connectivity index (χ1v) is 9.25. The molecule has 0 amide bonds. The Labute approximate surface area is 128 Å². The molecule has 0 unspecified atom stereocenters. The van der Waals surface area contributed by atoms with Crippen LogP contribution in [0.25, 0.3) is 0 Å². The van der Waals surface area contributed by atoms with E-state index in [4.69, 9.17) is 9.47 Å². The summed E-state index contributed by atoms with van der Waals surface area (Å²) in [7, 11) is 0. The molecule has 0 rings (SSSR count). The fourth-order valence-corrected chi connectivity index (χ4v) is 2.20. The first kappa shape index (κ1) is 19.4. The molecule has 3 heteroatoms. The molecule has 0 saturated heterocycles. The summed E-state index contributed by atoms with van der Waals surface area (Å²) in [5.74, 6) is 0. The highest BCUT2D eigenvalue weighted by molar-refractivity contribution is 9.09. The molecular weight excluding hydrogens is 304 g/mol. The van der Waals surface area contributed by atoms with E-state index in [0.717, 1.165) is 31.8 Å². The van der Waals surface area contributed by atoms with E-state index in [1.165, 1.54) is 64.2 Å². The van der Waals surface area contributed by atoms with Crippen LogP contribution in [0.15, 0.2) is 0 Å². The van der Waals surface area contributed by atoms with Gasteiger partial charge in [-0.15, -0.1) is 0 Å². The molecule has 0 saturated carbocycles. The maximum atomic E-state index is 5.55. The Morgan fingerprint density at radius 3 is 1.47 bits per heavy atom. The fraction of sp³-hybridized carbons (Fsp3) is 1.00. The summed E-state index contributed by atoms with van der Waals surface area (Å²) < 4.78 is 11.0. The van der Waals surface area contributed by atoms with E-state index in [1.807, 2.05) is 0 Å². The standard InChI is InChI=1S/C16H33BrO2/c1-2-3-13-18-14-10-8-6-4-5-7-9-11-15-19-16-12-17/h2-16H2,1H3. The van der Waals surface area contributed by atoms with Gasteiger partial charge in [0, 0.05) is 25.2 Å². The minimum absolute atomic E-state index is 0.848. The van der Waals surface area contributed by atoms with Crippen LogP contribution in [0, 0.1) is 0 Å². The van der Waals surface area contributed by atoms with Gasteiger partial charge < -0.3 is 9.47 Å². The third-order valence-electron chi connectivity index (χ3n) is 3.19. The van der Waals surface area contributed by atoms with Crippen molar-refractivity contribution < 1.29 is 9.47 Å². The van der Waals surface area contributed by atoms with Gasteiger partial charge in [-0.3, -0.25) is 0 Å². The van der Waals surface area contributed by atoms with E-state index in [9.17, 15) is 0 Å². The second kappa shape index (κ2) is 18.4. The molecule has 0 atom stereocenters. The molecule has 116 valence electrons. The number of hydrogen-bond donors (Lipinski definition) is 0. The first-order valence-electron chi connectivity index (χ1n) is 8.13. The molecule has 0 aromatic rings. The van der Waals surface area contributed by atoms with Crippen LogP contribution < -0.4 is 0 Å². The lowest BCUT2D eigenvalue weighted by atomic mass is 10.1. The molecule has 0 aromatic carbocycles. The lowest BCUT2D eigenvalue weighted by Gasteiger charge is -2.04. The Bertz CT molecular complexity index is 138. The van der Waals surface area contributed by atoms with Crippen molar-refractivity contribution in [2.45, 2.75) is 71.1 Å². The van der Waals surface area contributed by atoms with E-state index in [1.54, 1.807) is 0 Å². The summed E-state index contributed by atoms with van der Waals surface area (Å²) in [6.45, 7) is 5.90. The summed E-state index contributed by atoms with van der Waals surface area (Å²) >= 11 is 3.36. The van der Waals surface area contributed by atoms with Crippen LogP contribution in [-0.4, -0.2) is 31.8 Å². The molecule has 0 spiro atoms. The van der Waals surface area contributed by atoms with Crippen LogP contribution in [0.2, 0.25) is 0 Å². The van der Waals surface area contributed by atoms with Crippen LogP contribution in [0.5, 0.6) is 0 Å². The van der Waals surface area contributed by atoms with Crippen molar-refractivity contribution in [3.8, 4) is 0 Å². The zero-order valence-electron chi connectivity index (χ0n) is 12.8. The summed E-state index contributed by atoms with van der Waals surface area (Å²) in [4.78, 5) is 0. The van der Waals surface area contributed by atoms with E-state index in [-0.39, 0.29) is 0 Å². The molecular formula is C16H33BrO2. The highest BCUT2D eigenvalue weighted by atomic mass is 79.9. The van der Waals surface area contributed by atoms with Gasteiger partial charge in [0.1, 0.15) is 0 Å². The van der Waals surface area contributed by atoms with Crippen molar-refractivity contribution in [2.24, 2.45) is 0 Å². The van der Waals surface area contributed by atoms with Gasteiger partial charge >= 0.3 is 0 Å². The summed E-state index contributed by atoms with van der Waals surface area (Å²) in [5.41, 5.74) is 0. The molecule has 0 fully saturated rings. The van der Waals surface area contributed by atoms with Crippen molar-refractivity contribution in [3.05, 3.63) is 0 Å². The second-order valence-electron chi connectivity index (χ2n) is 5.10. The van der Waals surface area contributed by atoms with Crippen LogP contribution >= 0.6 is 15.9 Å². The van der Waals surface area contributed by atoms with E-state index >= 15 is 0 Å². The maximum Gasteiger partial charge on any atom is 0.0563 e. The highest BCUT2D eigenvalue weighted by Crippen LogP contribution is 2.08. The van der Waals surface area contributed by atoms with Crippen LogP contribution in [0.3, 0.4) is 0 Å². The average Bonchev–Trinajstić information content (AvgIpc) is 2.43. The minimum atomic E-state index is 0.848. The predicted molar refractivity (Wildman–Crippen MR) is 87.3 cm³/mol. The Balaban J connectivity index is 2.88. The summed E-state index contributed by atoms with van der Waals surface area (Å²) in [6, 6.07) is 0. The van der Waals surface area contributed by atoms with Gasteiger partial charge in [-0.2, -0.15) is 0 Å². The predicted octanol–water partition coefficient (Wildman–Crippen LogP) is 5.34. The van der Waals surface area contributed by atoms with Gasteiger partial charge in [0.15, 0.2) is 0 Å². The van der Waals surface area contributed by atoms with Crippen molar-refractivity contribution in [2.75, 3.05) is 31.8 Å². The smallest absolute Gasteiger partial charge is 0.0563 e. The molecule has 19 heavy (non-hydrogen) atoms. The molecule has 0 aliphatic rings. The second-order valence-corrected chi connectivity index (χ2v) is 5.89. The molecule has 0 bridgehead atoms. The number of rotatable bonds is 16. The number of alkyl halides is 1. The Kier molecular flexibility index (Phi) is 18.8. The number of hydrogen-bond acceptors (Lipinski definition) is 2. The van der Waals surface area contributed by atoms with Gasteiger partial charge in [-0.05, 0) is 19.3 Å². The van der Waals surface area contributed by atoms with Crippen molar-refractivity contribution in [3.63, 3.8) is 0 Å². The lowest BCUT2D eigenvalue weighted by molar-refractivity contribution is 0.127. The van der Waals surface area contributed by atoms with Crippen molar-refractivity contribution in [1.82, 2.24) is 0 Å². The summed E-state index contributed by atoms with van der Waals surface area (Å²) in [5, 5.41) is 0.954. The molecule has 0 radical (unpaired) electrons. The Morgan fingerprint density at radius 1 is 0.579 bits per heavy atom. The van der Waals surface area contributed by atoms with Crippen molar-refractivity contribution in [1.29, 1.82) is 0 Å². The van der Waals surface area contributed by atoms with Gasteiger partial charge in [0.05, 0.1) is 6.61 Å². The molecule has 0 N–H and O–H groups in total. The minimum Gasteiger partial charge on any atom is -0.381 e. The number of halogens is 1. The van der Waals surface area contributed by atoms with Gasteiger partial charge in [-0.25, -0.2) is 0 Å². The van der Waals surface area contributed by atoms with Gasteiger partial charge in [-0.1, -0.05) is 67.8 Å². The van der Waals surface area contributed by atoms with E-state index in [0.29, 0.717) is 0 Å². The zero-order chi connectivity index (χ0) is 14.0. The monoisotopic (exact) mass is 336 g/mol. The highest BCUT2D eigenvalue weighted by Gasteiger charge is 1.93. The normalized spacial score (nSPS) is 11.1.